The second kappa shape index (κ2) is 7.92. The van der Waals surface area contributed by atoms with Gasteiger partial charge in [0.15, 0.2) is 6.10 Å². The molecule has 0 fully saturated rings. The average Bonchev–Trinajstić information content (AvgIpc) is 2.42. The molecular weight excluding hydrogens is 302 g/mol. The average molecular weight is 321 g/mol. The summed E-state index contributed by atoms with van der Waals surface area (Å²) in [5.41, 5.74) is 5.47. The van der Waals surface area contributed by atoms with E-state index in [0.717, 1.165) is 0 Å². The van der Waals surface area contributed by atoms with Crippen molar-refractivity contribution in [2.45, 2.75) is 26.9 Å². The van der Waals surface area contributed by atoms with Crippen molar-refractivity contribution in [1.82, 2.24) is 5.32 Å². The van der Waals surface area contributed by atoms with Crippen molar-refractivity contribution in [2.24, 2.45) is 11.7 Å². The van der Waals surface area contributed by atoms with Crippen LogP contribution in [0.25, 0.3) is 0 Å². The number of ether oxygens (including phenoxy) is 1. The van der Waals surface area contributed by atoms with Crippen LogP contribution < -0.4 is 16.4 Å². The fraction of sp³-hybridized carbons (Fsp3) is 0.333. The first kappa shape index (κ1) is 18.1. The fourth-order valence-corrected chi connectivity index (χ4v) is 1.80. The smallest absolute Gasteiger partial charge is 0.338 e. The number of urea groups is 1. The number of hydrogen-bond donors (Lipinski definition) is 3. The lowest BCUT2D eigenvalue weighted by Crippen LogP contribution is -2.45. The summed E-state index contributed by atoms with van der Waals surface area (Å²) in [6.45, 7) is 4.66. The molecule has 0 saturated carbocycles. The van der Waals surface area contributed by atoms with Crippen LogP contribution in [-0.4, -0.2) is 29.9 Å². The molecule has 0 unspecified atom stereocenters. The van der Waals surface area contributed by atoms with Crippen LogP contribution in [0, 0.1) is 5.92 Å². The Bertz CT molecular complexity index is 627. The van der Waals surface area contributed by atoms with Crippen molar-refractivity contribution in [3.63, 3.8) is 0 Å². The third-order valence-corrected chi connectivity index (χ3v) is 2.76. The Morgan fingerprint density at radius 1 is 1.17 bits per heavy atom. The lowest BCUT2D eigenvalue weighted by Gasteiger charge is -2.20. The Labute approximate surface area is 133 Å². The van der Waals surface area contributed by atoms with Gasteiger partial charge in [0.25, 0.3) is 5.91 Å². The van der Waals surface area contributed by atoms with Gasteiger partial charge in [-0.3, -0.25) is 14.9 Å². The second-order valence-corrected chi connectivity index (χ2v) is 5.19. The number of benzene rings is 1. The van der Waals surface area contributed by atoms with Gasteiger partial charge in [0.1, 0.15) is 0 Å². The zero-order valence-electron chi connectivity index (χ0n) is 13.1. The van der Waals surface area contributed by atoms with E-state index in [1.165, 1.54) is 19.1 Å². The van der Waals surface area contributed by atoms with Crippen LogP contribution >= 0.6 is 0 Å². The molecule has 8 heteroatoms. The van der Waals surface area contributed by atoms with E-state index in [1.807, 2.05) is 5.32 Å². The Kier molecular flexibility index (Phi) is 6.25. The molecule has 0 saturated heterocycles. The maximum Gasteiger partial charge on any atom is 0.338 e. The largest absolute Gasteiger partial charge is 0.448 e. The molecule has 4 amide bonds. The zero-order valence-corrected chi connectivity index (χ0v) is 13.1. The summed E-state index contributed by atoms with van der Waals surface area (Å²) in [6.07, 6.45) is -1.17. The van der Waals surface area contributed by atoms with Crippen molar-refractivity contribution in [3.8, 4) is 0 Å². The summed E-state index contributed by atoms with van der Waals surface area (Å²) < 4.78 is 5.15. The number of rotatable bonds is 5. The molecular formula is C15H19N3O5. The summed E-state index contributed by atoms with van der Waals surface area (Å²) in [7, 11) is 0. The molecule has 0 aliphatic heterocycles. The van der Waals surface area contributed by atoms with Crippen molar-refractivity contribution >= 4 is 29.5 Å². The lowest BCUT2D eigenvalue weighted by atomic mass is 10.1. The summed E-state index contributed by atoms with van der Waals surface area (Å²) in [5.74, 6) is -2.19. The minimum Gasteiger partial charge on any atom is -0.448 e. The topological polar surface area (TPSA) is 128 Å². The number of amides is 4. The number of nitrogens with one attached hydrogen (secondary N) is 2. The minimum absolute atomic E-state index is 0.161. The molecule has 0 heterocycles. The molecule has 0 spiro atoms. The number of carbonyl (C=O) groups excluding carboxylic acids is 4. The third-order valence-electron chi connectivity index (χ3n) is 2.76. The molecule has 0 aromatic heterocycles. The summed E-state index contributed by atoms with van der Waals surface area (Å²) in [6, 6.07) is 5.06. The van der Waals surface area contributed by atoms with Gasteiger partial charge >= 0.3 is 12.0 Å². The van der Waals surface area contributed by atoms with Crippen molar-refractivity contribution < 1.29 is 23.9 Å². The van der Waals surface area contributed by atoms with Crippen molar-refractivity contribution in [3.05, 3.63) is 29.8 Å². The normalized spacial score (nSPS) is 11.5. The molecule has 4 N–H and O–H groups in total. The lowest BCUT2D eigenvalue weighted by molar-refractivity contribution is -0.130. The first-order valence-electron chi connectivity index (χ1n) is 6.89. The molecule has 0 aliphatic carbocycles. The maximum absolute atomic E-state index is 12.2. The third kappa shape index (κ3) is 5.77. The Morgan fingerprint density at radius 2 is 1.83 bits per heavy atom. The van der Waals surface area contributed by atoms with Crippen LogP contribution in [0.1, 0.15) is 31.1 Å². The van der Waals surface area contributed by atoms with Crippen LogP contribution in [-0.2, 0) is 14.3 Å². The highest BCUT2D eigenvalue weighted by atomic mass is 16.5. The van der Waals surface area contributed by atoms with E-state index in [1.54, 1.807) is 26.0 Å². The van der Waals surface area contributed by atoms with E-state index in [2.05, 4.69) is 5.32 Å². The van der Waals surface area contributed by atoms with Gasteiger partial charge in [-0.05, 0) is 24.1 Å². The van der Waals surface area contributed by atoms with Crippen LogP contribution in [0.2, 0.25) is 0 Å². The Hall–Kier alpha value is -2.90. The molecule has 124 valence electrons. The molecule has 1 aromatic rings. The van der Waals surface area contributed by atoms with Gasteiger partial charge in [-0.2, -0.15) is 0 Å². The Morgan fingerprint density at radius 3 is 2.35 bits per heavy atom. The van der Waals surface area contributed by atoms with Gasteiger partial charge < -0.3 is 15.8 Å². The van der Waals surface area contributed by atoms with Gasteiger partial charge in [-0.1, -0.05) is 19.9 Å². The van der Waals surface area contributed by atoms with Gasteiger partial charge in [0.05, 0.1) is 5.56 Å². The quantitative estimate of drug-likeness (QED) is 0.698. The van der Waals surface area contributed by atoms with Gasteiger partial charge in [-0.25, -0.2) is 9.59 Å². The minimum atomic E-state index is -1.17. The van der Waals surface area contributed by atoms with Crippen molar-refractivity contribution in [2.75, 3.05) is 5.32 Å². The monoisotopic (exact) mass is 321 g/mol. The Balaban J connectivity index is 2.88. The SMILES string of the molecule is CC(=O)Nc1cccc(C(=O)O[C@@H](C(=O)NC(N)=O)C(C)C)c1. The fourth-order valence-electron chi connectivity index (χ4n) is 1.80. The molecule has 8 nitrogen and oxygen atoms in total. The zero-order chi connectivity index (χ0) is 17.6. The van der Waals surface area contributed by atoms with Crippen molar-refractivity contribution in [1.29, 1.82) is 0 Å². The second-order valence-electron chi connectivity index (χ2n) is 5.19. The van der Waals surface area contributed by atoms with E-state index in [4.69, 9.17) is 10.5 Å². The maximum atomic E-state index is 12.2. The number of anilines is 1. The molecule has 1 aromatic carbocycles. The van der Waals surface area contributed by atoms with E-state index in [-0.39, 0.29) is 17.4 Å². The van der Waals surface area contributed by atoms with Gasteiger partial charge in [0.2, 0.25) is 5.91 Å². The molecule has 0 bridgehead atoms. The van der Waals surface area contributed by atoms with E-state index >= 15 is 0 Å². The molecule has 1 atom stereocenters. The highest BCUT2D eigenvalue weighted by Crippen LogP contribution is 2.15. The first-order valence-corrected chi connectivity index (χ1v) is 6.89. The number of carbonyl (C=O) groups is 4. The predicted molar refractivity (Wildman–Crippen MR) is 82.5 cm³/mol. The molecule has 0 aliphatic rings. The van der Waals surface area contributed by atoms with Crippen LogP contribution in [0.15, 0.2) is 24.3 Å². The van der Waals surface area contributed by atoms with E-state index < -0.39 is 24.0 Å². The van der Waals surface area contributed by atoms with Crippen LogP contribution in [0.5, 0.6) is 0 Å². The van der Waals surface area contributed by atoms with E-state index in [0.29, 0.717) is 5.69 Å². The number of esters is 1. The first-order chi connectivity index (χ1) is 10.7. The van der Waals surface area contributed by atoms with Crippen LogP contribution in [0.4, 0.5) is 10.5 Å². The standard InChI is InChI=1S/C15H19N3O5/c1-8(2)12(13(20)18-15(16)22)23-14(21)10-5-4-6-11(7-10)17-9(3)19/h4-8,12H,1-3H3,(H,17,19)(H3,16,18,20,22)/t12-/m1/s1. The summed E-state index contributed by atoms with van der Waals surface area (Å²) in [4.78, 5) is 45.8. The molecule has 23 heavy (non-hydrogen) atoms. The van der Waals surface area contributed by atoms with Crippen LogP contribution in [0.3, 0.4) is 0 Å². The van der Waals surface area contributed by atoms with Gasteiger partial charge in [0, 0.05) is 12.6 Å². The predicted octanol–water partition coefficient (Wildman–Crippen LogP) is 1.02. The van der Waals surface area contributed by atoms with Gasteiger partial charge in [-0.15, -0.1) is 0 Å². The van der Waals surface area contributed by atoms with E-state index in [9.17, 15) is 19.2 Å². The number of imide groups is 1. The highest BCUT2D eigenvalue weighted by molar-refractivity contribution is 5.99. The highest BCUT2D eigenvalue weighted by Gasteiger charge is 2.27. The molecule has 0 radical (unpaired) electrons. The number of primary amides is 1. The number of nitrogens with two attached hydrogens (primary N) is 1. The summed E-state index contributed by atoms with van der Waals surface area (Å²) in [5, 5.41) is 4.42. The number of hydrogen-bond acceptors (Lipinski definition) is 5. The summed E-state index contributed by atoms with van der Waals surface area (Å²) >= 11 is 0. The molecule has 1 rings (SSSR count).